The van der Waals surface area contributed by atoms with Gasteiger partial charge in [-0.3, -0.25) is 4.79 Å². The van der Waals surface area contributed by atoms with Crippen LogP contribution in [0.15, 0.2) is 30.3 Å². The molecule has 0 aromatic heterocycles. The number of amides is 1. The van der Waals surface area contributed by atoms with E-state index in [9.17, 15) is 4.79 Å². The van der Waals surface area contributed by atoms with E-state index in [0.29, 0.717) is 22.4 Å². The molecule has 0 radical (unpaired) electrons. The third-order valence-corrected chi connectivity index (χ3v) is 12.6. The van der Waals surface area contributed by atoms with Gasteiger partial charge in [0.15, 0.2) is 0 Å². The molecule has 128 valence electrons. The fraction of sp³-hybridized carbons (Fsp3) is 0.650. The maximum Gasteiger partial charge on any atom is 0.226 e. The van der Waals surface area contributed by atoms with Gasteiger partial charge in [-0.05, 0) is 35.9 Å². The minimum absolute atomic E-state index is 0.193. The Morgan fingerprint density at radius 3 is 2.04 bits per heavy atom. The molecule has 0 saturated heterocycles. The van der Waals surface area contributed by atoms with Crippen molar-refractivity contribution in [2.24, 2.45) is 5.92 Å². The van der Waals surface area contributed by atoms with Gasteiger partial charge < -0.3 is 4.90 Å². The molecule has 0 heterocycles. The van der Waals surface area contributed by atoms with Crippen LogP contribution in [-0.4, -0.2) is 32.0 Å². The van der Waals surface area contributed by atoms with Gasteiger partial charge in [-0.1, -0.05) is 64.2 Å². The third kappa shape index (κ3) is 3.26. The van der Waals surface area contributed by atoms with Gasteiger partial charge in [0.1, 0.15) is 0 Å². The number of rotatable bonds is 5. The van der Waals surface area contributed by atoms with Crippen molar-refractivity contribution < 1.29 is 4.79 Å². The fourth-order valence-corrected chi connectivity index (χ4v) is 7.29. The van der Waals surface area contributed by atoms with E-state index in [1.165, 1.54) is 5.56 Å². The molecule has 1 amide bonds. The molecule has 1 aliphatic rings. The molecule has 23 heavy (non-hydrogen) atoms. The summed E-state index contributed by atoms with van der Waals surface area (Å²) in [5.41, 5.74) is 1.91. The van der Waals surface area contributed by atoms with Gasteiger partial charge in [-0.15, -0.1) is 0 Å². The van der Waals surface area contributed by atoms with E-state index in [4.69, 9.17) is 0 Å². The first-order chi connectivity index (χ1) is 10.7. The van der Waals surface area contributed by atoms with E-state index in [-0.39, 0.29) is 5.92 Å². The molecule has 3 atom stereocenters. The fourth-order valence-electron chi connectivity index (χ4n) is 3.85. The standard InChI is InChI=1S/C20H33NOSi/c1-8-21(9-2)19(22)17-16(15-13-11-10-12-14-15)18(17)23(6,7)20(3,4)5/h10-14,16-18H,8-9H2,1-7H3/t16-,17-,18-/m1/s1. The zero-order valence-electron chi connectivity index (χ0n) is 15.9. The van der Waals surface area contributed by atoms with E-state index >= 15 is 0 Å². The van der Waals surface area contributed by atoms with Gasteiger partial charge in [0.25, 0.3) is 0 Å². The van der Waals surface area contributed by atoms with Gasteiger partial charge in [0.2, 0.25) is 5.91 Å². The normalized spacial score (nSPS) is 24.4. The largest absolute Gasteiger partial charge is 0.343 e. The maximum absolute atomic E-state index is 13.1. The lowest BCUT2D eigenvalue weighted by atomic mass is 10.1. The molecule has 0 N–H and O–H groups in total. The molecule has 0 unspecified atom stereocenters. The summed E-state index contributed by atoms with van der Waals surface area (Å²) in [6.07, 6.45) is 0. The second-order valence-electron chi connectivity index (χ2n) is 8.47. The molecule has 1 aromatic rings. The smallest absolute Gasteiger partial charge is 0.226 e. The maximum atomic E-state index is 13.1. The highest BCUT2D eigenvalue weighted by atomic mass is 28.3. The summed E-state index contributed by atoms with van der Waals surface area (Å²) in [5.74, 6) is 0.988. The number of hydrogen-bond acceptors (Lipinski definition) is 1. The van der Waals surface area contributed by atoms with Crippen molar-refractivity contribution in [3.05, 3.63) is 35.9 Å². The van der Waals surface area contributed by atoms with Crippen molar-refractivity contribution in [1.29, 1.82) is 0 Å². The first-order valence-electron chi connectivity index (χ1n) is 9.00. The Hall–Kier alpha value is -1.09. The summed E-state index contributed by atoms with van der Waals surface area (Å²) >= 11 is 0. The first-order valence-corrected chi connectivity index (χ1v) is 12.1. The van der Waals surface area contributed by atoms with Gasteiger partial charge in [-0.25, -0.2) is 0 Å². The predicted molar refractivity (Wildman–Crippen MR) is 102 cm³/mol. The van der Waals surface area contributed by atoms with Crippen LogP contribution in [0.4, 0.5) is 0 Å². The number of hydrogen-bond donors (Lipinski definition) is 0. The topological polar surface area (TPSA) is 20.3 Å². The quantitative estimate of drug-likeness (QED) is 0.684. The van der Waals surface area contributed by atoms with Crippen molar-refractivity contribution in [3.8, 4) is 0 Å². The highest BCUT2D eigenvalue weighted by molar-refractivity contribution is 6.82. The number of nitrogens with zero attached hydrogens (tertiary/aromatic N) is 1. The number of carbonyl (C=O) groups excluding carboxylic acids is 1. The molecule has 2 rings (SSSR count). The average Bonchev–Trinajstić information content (AvgIpc) is 3.24. The minimum Gasteiger partial charge on any atom is -0.343 e. The van der Waals surface area contributed by atoms with E-state index in [2.05, 4.69) is 78.0 Å². The summed E-state index contributed by atoms with van der Waals surface area (Å²) in [6.45, 7) is 17.8. The van der Waals surface area contributed by atoms with Gasteiger partial charge >= 0.3 is 0 Å². The molecule has 1 aromatic carbocycles. The molecule has 0 spiro atoms. The summed E-state index contributed by atoms with van der Waals surface area (Å²) in [5, 5.41) is 0.309. The number of benzene rings is 1. The highest BCUT2D eigenvalue weighted by Gasteiger charge is 2.64. The number of carbonyl (C=O) groups is 1. The highest BCUT2D eigenvalue weighted by Crippen LogP contribution is 2.68. The Kier molecular flexibility index (Phi) is 5.10. The second kappa shape index (κ2) is 6.43. The van der Waals surface area contributed by atoms with Crippen molar-refractivity contribution in [2.45, 2.75) is 64.2 Å². The van der Waals surface area contributed by atoms with Crippen LogP contribution < -0.4 is 0 Å². The lowest BCUT2D eigenvalue weighted by molar-refractivity contribution is -0.132. The van der Waals surface area contributed by atoms with Crippen LogP contribution in [0, 0.1) is 5.92 Å². The lowest BCUT2D eigenvalue weighted by Gasteiger charge is -2.38. The molecule has 1 saturated carbocycles. The van der Waals surface area contributed by atoms with E-state index in [1.807, 2.05) is 4.90 Å². The Bertz CT molecular complexity index is 543. The van der Waals surface area contributed by atoms with Crippen molar-refractivity contribution in [1.82, 2.24) is 4.90 Å². The summed E-state index contributed by atoms with van der Waals surface area (Å²) in [6, 6.07) is 10.7. The Morgan fingerprint density at radius 2 is 1.61 bits per heavy atom. The van der Waals surface area contributed by atoms with Crippen LogP contribution in [-0.2, 0) is 4.79 Å². The van der Waals surface area contributed by atoms with Crippen LogP contribution in [0.3, 0.4) is 0 Å². The summed E-state index contributed by atoms with van der Waals surface area (Å²) in [7, 11) is -1.56. The molecule has 1 fully saturated rings. The molecule has 1 aliphatic carbocycles. The van der Waals surface area contributed by atoms with Crippen LogP contribution in [0.5, 0.6) is 0 Å². The van der Waals surface area contributed by atoms with E-state index < -0.39 is 8.07 Å². The van der Waals surface area contributed by atoms with Crippen LogP contribution in [0.1, 0.15) is 46.1 Å². The van der Waals surface area contributed by atoms with Crippen molar-refractivity contribution in [3.63, 3.8) is 0 Å². The van der Waals surface area contributed by atoms with Gasteiger partial charge in [0, 0.05) is 19.0 Å². The summed E-state index contributed by atoms with van der Waals surface area (Å²) in [4.78, 5) is 15.1. The second-order valence-corrected chi connectivity index (χ2v) is 14.1. The van der Waals surface area contributed by atoms with Crippen LogP contribution in [0.25, 0.3) is 0 Å². The Morgan fingerprint density at radius 1 is 1.09 bits per heavy atom. The van der Waals surface area contributed by atoms with E-state index in [1.54, 1.807) is 0 Å². The average molecular weight is 332 g/mol. The molecule has 3 heteroatoms. The molecular formula is C20H33NOSi. The van der Waals surface area contributed by atoms with E-state index in [0.717, 1.165) is 13.1 Å². The van der Waals surface area contributed by atoms with Crippen molar-refractivity contribution in [2.75, 3.05) is 13.1 Å². The van der Waals surface area contributed by atoms with Gasteiger partial charge in [-0.2, -0.15) is 0 Å². The SMILES string of the molecule is CCN(CC)C(=O)[C@@H]1[C@@H](c2ccccc2)[C@H]1[Si](C)(C)C(C)(C)C. The molecular weight excluding hydrogens is 298 g/mol. The lowest BCUT2D eigenvalue weighted by Crippen LogP contribution is -2.40. The third-order valence-electron chi connectivity index (χ3n) is 6.33. The summed E-state index contributed by atoms with van der Waals surface area (Å²) < 4.78 is 0. The Labute approximate surface area is 143 Å². The van der Waals surface area contributed by atoms with Crippen LogP contribution >= 0.6 is 0 Å². The van der Waals surface area contributed by atoms with Crippen molar-refractivity contribution >= 4 is 14.0 Å². The zero-order chi connectivity index (χ0) is 17.4. The monoisotopic (exact) mass is 331 g/mol. The molecule has 0 aliphatic heterocycles. The Balaban J connectivity index is 2.37. The molecule has 2 nitrogen and oxygen atoms in total. The zero-order valence-corrected chi connectivity index (χ0v) is 16.9. The van der Waals surface area contributed by atoms with Crippen LogP contribution in [0.2, 0.25) is 23.7 Å². The van der Waals surface area contributed by atoms with Gasteiger partial charge in [0.05, 0.1) is 8.07 Å². The first kappa shape index (κ1) is 18.2. The predicted octanol–water partition coefficient (Wildman–Crippen LogP) is 5.15. The molecule has 0 bridgehead atoms. The minimum atomic E-state index is -1.56.